The lowest BCUT2D eigenvalue weighted by Crippen LogP contribution is -1.98. The molecular formula is C16H13N3O4. The van der Waals surface area contributed by atoms with Gasteiger partial charge in [-0.15, -0.1) is 0 Å². The molecule has 0 spiro atoms. The van der Waals surface area contributed by atoms with E-state index in [1.807, 2.05) is 31.2 Å². The highest BCUT2D eigenvalue weighted by Gasteiger charge is 2.11. The number of oxime groups is 1. The highest BCUT2D eigenvalue weighted by Crippen LogP contribution is 2.27. The summed E-state index contributed by atoms with van der Waals surface area (Å²) < 4.78 is 0. The van der Waals surface area contributed by atoms with E-state index in [2.05, 4.69) is 10.1 Å². The van der Waals surface area contributed by atoms with Crippen molar-refractivity contribution in [2.45, 2.75) is 13.8 Å². The lowest BCUT2D eigenvalue weighted by Gasteiger charge is -2.03. The second-order valence-corrected chi connectivity index (χ2v) is 4.78. The Bertz CT molecular complexity index is 786. The largest absolute Gasteiger partial charge is 0.356 e. The molecule has 0 N–H and O–H groups in total. The normalized spacial score (nSPS) is 10.8. The first-order chi connectivity index (χ1) is 11.0. The molecule has 7 heteroatoms. The number of nitro groups is 1. The van der Waals surface area contributed by atoms with Crippen LogP contribution in [-0.4, -0.2) is 16.7 Å². The van der Waals surface area contributed by atoms with Crippen molar-refractivity contribution in [3.05, 3.63) is 63.7 Å². The van der Waals surface area contributed by atoms with Crippen molar-refractivity contribution in [3.8, 4) is 5.75 Å². The third-order valence-electron chi connectivity index (χ3n) is 3.02. The number of nitro benzene ring substituents is 1. The summed E-state index contributed by atoms with van der Waals surface area (Å²) >= 11 is 0. The zero-order chi connectivity index (χ0) is 16.8. The van der Waals surface area contributed by atoms with E-state index in [1.165, 1.54) is 18.2 Å². The number of aryl methyl sites for hydroxylation is 1. The van der Waals surface area contributed by atoms with Crippen molar-refractivity contribution in [1.29, 1.82) is 0 Å². The third kappa shape index (κ3) is 4.33. The first-order valence-electron chi connectivity index (χ1n) is 6.65. The van der Waals surface area contributed by atoms with Gasteiger partial charge in [-0.05, 0) is 19.4 Å². The minimum Gasteiger partial charge on any atom is -0.356 e. The number of non-ortho nitro benzene ring substituents is 1. The van der Waals surface area contributed by atoms with Crippen LogP contribution < -0.4 is 4.84 Å². The minimum absolute atomic E-state index is 0.0763. The van der Waals surface area contributed by atoms with Crippen molar-refractivity contribution in [2.24, 2.45) is 10.1 Å². The van der Waals surface area contributed by atoms with Crippen LogP contribution in [0.1, 0.15) is 18.1 Å². The summed E-state index contributed by atoms with van der Waals surface area (Å²) in [6, 6.07) is 11.4. The molecule has 0 saturated carbocycles. The molecule has 0 saturated heterocycles. The van der Waals surface area contributed by atoms with Gasteiger partial charge in [-0.2, -0.15) is 4.99 Å². The van der Waals surface area contributed by atoms with Gasteiger partial charge >= 0.3 is 0 Å². The molecule has 0 aliphatic rings. The van der Waals surface area contributed by atoms with E-state index in [0.717, 1.165) is 17.2 Å². The van der Waals surface area contributed by atoms with Gasteiger partial charge in [0.25, 0.3) is 5.69 Å². The highest BCUT2D eigenvalue weighted by molar-refractivity contribution is 5.98. The van der Waals surface area contributed by atoms with E-state index in [-0.39, 0.29) is 17.1 Å². The van der Waals surface area contributed by atoms with Crippen LogP contribution in [0.25, 0.3) is 0 Å². The summed E-state index contributed by atoms with van der Waals surface area (Å²) in [7, 11) is 0. The van der Waals surface area contributed by atoms with E-state index < -0.39 is 4.92 Å². The number of carbonyl (C=O) groups excluding carboxylic acids is 1. The van der Waals surface area contributed by atoms with Crippen molar-refractivity contribution in [2.75, 3.05) is 0 Å². The summed E-state index contributed by atoms with van der Waals surface area (Å²) in [5.41, 5.74) is 2.42. The van der Waals surface area contributed by atoms with Gasteiger partial charge in [0.15, 0.2) is 5.75 Å². The highest BCUT2D eigenvalue weighted by atomic mass is 16.6. The zero-order valence-electron chi connectivity index (χ0n) is 12.5. The van der Waals surface area contributed by atoms with Gasteiger partial charge in [0.1, 0.15) is 0 Å². The molecular weight excluding hydrogens is 298 g/mol. The maximum absolute atomic E-state index is 10.9. The molecule has 0 radical (unpaired) electrons. The zero-order valence-corrected chi connectivity index (χ0v) is 12.5. The molecule has 23 heavy (non-hydrogen) atoms. The van der Waals surface area contributed by atoms with E-state index in [9.17, 15) is 14.9 Å². The molecule has 0 heterocycles. The van der Waals surface area contributed by atoms with E-state index in [0.29, 0.717) is 5.71 Å². The maximum Gasteiger partial charge on any atom is 0.275 e. The van der Waals surface area contributed by atoms with Crippen LogP contribution >= 0.6 is 0 Å². The fraction of sp³-hybridized carbons (Fsp3) is 0.125. The molecule has 0 aromatic heterocycles. The first kappa shape index (κ1) is 16.1. The number of hydrogen-bond donors (Lipinski definition) is 0. The van der Waals surface area contributed by atoms with Crippen LogP contribution in [-0.2, 0) is 4.79 Å². The summed E-state index contributed by atoms with van der Waals surface area (Å²) in [4.78, 5) is 29.2. The first-order valence-corrected chi connectivity index (χ1v) is 6.65. The Morgan fingerprint density at radius 2 is 1.91 bits per heavy atom. The molecule has 7 nitrogen and oxygen atoms in total. The van der Waals surface area contributed by atoms with E-state index in [4.69, 9.17) is 4.84 Å². The van der Waals surface area contributed by atoms with Gasteiger partial charge in [0.2, 0.25) is 6.08 Å². The molecule has 0 aliphatic carbocycles. The Balaban J connectivity index is 2.28. The van der Waals surface area contributed by atoms with Crippen LogP contribution in [0.5, 0.6) is 5.75 Å². The van der Waals surface area contributed by atoms with Crippen molar-refractivity contribution in [3.63, 3.8) is 0 Å². The quantitative estimate of drug-likeness (QED) is 0.364. The molecule has 116 valence electrons. The van der Waals surface area contributed by atoms with Gasteiger partial charge in [0, 0.05) is 12.1 Å². The Kier molecular flexibility index (Phi) is 4.96. The molecule has 2 aromatic rings. The predicted molar refractivity (Wildman–Crippen MR) is 84.9 cm³/mol. The average molecular weight is 311 g/mol. The lowest BCUT2D eigenvalue weighted by atomic mass is 10.1. The molecule has 0 fully saturated rings. The summed E-state index contributed by atoms with van der Waals surface area (Å²) in [6.07, 6.45) is 1.33. The Morgan fingerprint density at radius 3 is 2.52 bits per heavy atom. The van der Waals surface area contributed by atoms with Gasteiger partial charge < -0.3 is 4.84 Å². The Morgan fingerprint density at radius 1 is 1.22 bits per heavy atom. The summed E-state index contributed by atoms with van der Waals surface area (Å²) in [6.45, 7) is 3.73. The van der Waals surface area contributed by atoms with Crippen LogP contribution in [0.3, 0.4) is 0 Å². The van der Waals surface area contributed by atoms with Gasteiger partial charge in [-0.25, -0.2) is 4.79 Å². The van der Waals surface area contributed by atoms with E-state index >= 15 is 0 Å². The molecule has 0 amide bonds. The number of rotatable bonds is 5. The molecule has 0 atom stereocenters. The molecule has 2 aromatic carbocycles. The van der Waals surface area contributed by atoms with Crippen molar-refractivity contribution < 1.29 is 14.6 Å². The molecule has 0 bridgehead atoms. The smallest absolute Gasteiger partial charge is 0.275 e. The monoisotopic (exact) mass is 311 g/mol. The molecule has 2 rings (SSSR count). The minimum atomic E-state index is -0.604. The number of isocyanates is 1. The van der Waals surface area contributed by atoms with Gasteiger partial charge in [-0.1, -0.05) is 35.0 Å². The van der Waals surface area contributed by atoms with Crippen molar-refractivity contribution in [1.82, 2.24) is 0 Å². The fourth-order valence-corrected chi connectivity index (χ4v) is 1.81. The topological polar surface area (TPSA) is 94.2 Å². The average Bonchev–Trinajstić information content (AvgIpc) is 2.53. The Hall–Kier alpha value is -3.31. The number of hydrogen-bond acceptors (Lipinski definition) is 6. The van der Waals surface area contributed by atoms with Gasteiger partial charge in [0.05, 0.1) is 22.4 Å². The Labute approximate surface area is 132 Å². The van der Waals surface area contributed by atoms with Crippen LogP contribution in [0.2, 0.25) is 0 Å². The van der Waals surface area contributed by atoms with Gasteiger partial charge in [-0.3, -0.25) is 10.1 Å². The van der Waals surface area contributed by atoms with Crippen LogP contribution in [0, 0.1) is 17.0 Å². The van der Waals surface area contributed by atoms with Crippen molar-refractivity contribution >= 4 is 23.2 Å². The second kappa shape index (κ2) is 7.11. The molecule has 0 aliphatic heterocycles. The van der Waals surface area contributed by atoms with E-state index in [1.54, 1.807) is 6.92 Å². The fourth-order valence-electron chi connectivity index (χ4n) is 1.81. The summed E-state index contributed by atoms with van der Waals surface area (Å²) in [5.74, 6) is 0.111. The third-order valence-corrected chi connectivity index (χ3v) is 3.02. The molecule has 0 unspecified atom stereocenters. The lowest BCUT2D eigenvalue weighted by molar-refractivity contribution is -0.384. The van der Waals surface area contributed by atoms with Crippen LogP contribution in [0.15, 0.2) is 52.6 Å². The number of benzene rings is 2. The summed E-state index contributed by atoms with van der Waals surface area (Å²) in [5, 5.41) is 14.8. The maximum atomic E-state index is 10.9. The predicted octanol–water partition coefficient (Wildman–Crippen LogP) is 3.67. The van der Waals surface area contributed by atoms with Crippen LogP contribution in [0.4, 0.5) is 11.4 Å². The SMILES string of the molecule is CC(=NOc1cc(N=C=O)cc([N+](=O)[O-])c1)c1ccc(C)cc1. The number of aliphatic imine (C=N–C) groups is 1. The number of nitrogens with zero attached hydrogens (tertiary/aromatic N) is 3. The standard InChI is InChI=1S/C16H13N3O4/c1-11-3-5-13(6-4-11)12(2)18-23-16-8-14(17-10-20)7-15(9-16)19(21)22/h3-9H,1-2H3. The second-order valence-electron chi connectivity index (χ2n) is 4.78.